The van der Waals surface area contributed by atoms with Gasteiger partial charge >= 0.3 is 6.03 Å². The Hall–Kier alpha value is -2.15. The van der Waals surface area contributed by atoms with Crippen LogP contribution in [0.1, 0.15) is 22.8 Å². The summed E-state index contributed by atoms with van der Waals surface area (Å²) in [4.78, 5) is 14.2. The topological polar surface area (TPSA) is 50.8 Å². The van der Waals surface area contributed by atoms with Crippen LogP contribution in [0.4, 0.5) is 9.18 Å². The zero-order valence-corrected chi connectivity index (χ0v) is 15.8. The van der Waals surface area contributed by atoms with E-state index < -0.39 is 5.82 Å². The van der Waals surface area contributed by atoms with Gasteiger partial charge < -0.3 is 19.7 Å². The molecule has 1 fully saturated rings. The van der Waals surface area contributed by atoms with Gasteiger partial charge in [0.25, 0.3) is 0 Å². The number of rotatable bonds is 5. The number of hydrogen-bond donors (Lipinski definition) is 1. The highest BCUT2D eigenvalue weighted by molar-refractivity contribution is 6.30. The summed E-state index contributed by atoms with van der Waals surface area (Å²) in [6, 6.07) is 12.2. The minimum atomic E-state index is -0.471. The summed E-state index contributed by atoms with van der Waals surface area (Å²) >= 11 is 5.85. The number of methoxy groups -OCH3 is 1. The van der Waals surface area contributed by atoms with Crippen molar-refractivity contribution in [1.29, 1.82) is 0 Å². The molecule has 1 saturated heterocycles. The molecule has 0 radical (unpaired) electrons. The Morgan fingerprint density at radius 1 is 1.33 bits per heavy atom. The number of nitrogens with one attached hydrogen (secondary N) is 1. The second-order valence-electron chi connectivity index (χ2n) is 6.39. The van der Waals surface area contributed by atoms with Crippen molar-refractivity contribution in [2.75, 3.05) is 26.8 Å². The number of amides is 2. The van der Waals surface area contributed by atoms with Crippen molar-refractivity contribution in [3.8, 4) is 0 Å². The van der Waals surface area contributed by atoms with Crippen LogP contribution >= 0.6 is 11.6 Å². The van der Waals surface area contributed by atoms with E-state index in [1.807, 2.05) is 24.3 Å². The number of ether oxygens (including phenoxy) is 2. The Morgan fingerprint density at radius 2 is 2.15 bits per heavy atom. The molecule has 1 heterocycles. The van der Waals surface area contributed by atoms with Crippen LogP contribution in [-0.2, 0) is 22.6 Å². The maximum absolute atomic E-state index is 13.4. The lowest BCUT2D eigenvalue weighted by atomic mass is 10.1. The molecule has 2 aromatic carbocycles. The standard InChI is InChI=1S/C20H22ClFN2O3/c1-26-13-15-4-2-3-14(9-15)11-23-20(25)24-7-8-27-19(12-24)16-5-6-18(22)17(21)10-16/h2-6,9-10,19H,7-8,11-13H2,1H3,(H,23,25). The second-order valence-corrected chi connectivity index (χ2v) is 6.80. The monoisotopic (exact) mass is 392 g/mol. The van der Waals surface area contributed by atoms with Crippen LogP contribution in [-0.4, -0.2) is 37.7 Å². The molecule has 2 amide bonds. The molecule has 0 bridgehead atoms. The van der Waals surface area contributed by atoms with Crippen LogP contribution in [0, 0.1) is 5.82 Å². The van der Waals surface area contributed by atoms with Crippen LogP contribution < -0.4 is 5.32 Å². The number of carbonyl (C=O) groups excluding carboxylic acids is 1. The van der Waals surface area contributed by atoms with Crippen molar-refractivity contribution in [1.82, 2.24) is 10.2 Å². The molecule has 5 nitrogen and oxygen atoms in total. The number of morpholine rings is 1. The van der Waals surface area contributed by atoms with E-state index in [1.165, 1.54) is 6.07 Å². The average Bonchev–Trinajstić information content (AvgIpc) is 2.69. The fourth-order valence-corrected chi connectivity index (χ4v) is 3.22. The number of halogens is 2. The Kier molecular flexibility index (Phi) is 6.66. The van der Waals surface area contributed by atoms with Crippen molar-refractivity contribution in [3.63, 3.8) is 0 Å². The fraction of sp³-hybridized carbons (Fsp3) is 0.350. The van der Waals surface area contributed by atoms with E-state index in [-0.39, 0.29) is 17.2 Å². The highest BCUT2D eigenvalue weighted by Crippen LogP contribution is 2.26. The fourth-order valence-electron chi connectivity index (χ4n) is 3.03. The van der Waals surface area contributed by atoms with Crippen LogP contribution in [0.25, 0.3) is 0 Å². The molecule has 1 atom stereocenters. The Morgan fingerprint density at radius 3 is 2.93 bits per heavy atom. The molecule has 7 heteroatoms. The van der Waals surface area contributed by atoms with Crippen molar-refractivity contribution in [2.45, 2.75) is 19.3 Å². The number of nitrogens with zero attached hydrogens (tertiary/aromatic N) is 1. The molecular formula is C20H22ClFN2O3. The number of benzene rings is 2. The average molecular weight is 393 g/mol. The first-order valence-corrected chi connectivity index (χ1v) is 9.10. The molecular weight excluding hydrogens is 371 g/mol. The summed E-state index contributed by atoms with van der Waals surface area (Å²) in [7, 11) is 1.65. The molecule has 2 aromatic rings. The molecule has 1 aliphatic rings. The van der Waals surface area contributed by atoms with E-state index in [2.05, 4.69) is 5.32 Å². The summed E-state index contributed by atoms with van der Waals surface area (Å²) in [6.45, 7) is 2.27. The van der Waals surface area contributed by atoms with Gasteiger partial charge in [0.1, 0.15) is 11.9 Å². The summed E-state index contributed by atoms with van der Waals surface area (Å²) in [6.07, 6.45) is -0.326. The molecule has 27 heavy (non-hydrogen) atoms. The third-order valence-electron chi connectivity index (χ3n) is 4.42. The summed E-state index contributed by atoms with van der Waals surface area (Å²) in [5.74, 6) is -0.471. The van der Waals surface area contributed by atoms with Gasteiger partial charge in [-0.15, -0.1) is 0 Å². The van der Waals surface area contributed by atoms with Crippen molar-refractivity contribution in [2.24, 2.45) is 0 Å². The molecule has 3 rings (SSSR count). The quantitative estimate of drug-likeness (QED) is 0.839. The molecule has 0 spiro atoms. The van der Waals surface area contributed by atoms with E-state index in [0.29, 0.717) is 32.8 Å². The van der Waals surface area contributed by atoms with Gasteiger partial charge in [-0.2, -0.15) is 0 Å². The lowest BCUT2D eigenvalue weighted by Gasteiger charge is -2.33. The number of hydrogen-bond acceptors (Lipinski definition) is 3. The van der Waals surface area contributed by atoms with Gasteiger partial charge in [-0.05, 0) is 28.8 Å². The minimum Gasteiger partial charge on any atom is -0.380 e. The zero-order chi connectivity index (χ0) is 19.2. The second kappa shape index (κ2) is 9.17. The third-order valence-corrected chi connectivity index (χ3v) is 4.70. The lowest BCUT2D eigenvalue weighted by molar-refractivity contribution is -0.0155. The molecule has 144 valence electrons. The summed E-state index contributed by atoms with van der Waals surface area (Å²) in [5.41, 5.74) is 2.82. The minimum absolute atomic E-state index is 0.0496. The van der Waals surface area contributed by atoms with Gasteiger partial charge in [-0.25, -0.2) is 9.18 Å². The molecule has 0 saturated carbocycles. The van der Waals surface area contributed by atoms with Gasteiger partial charge in [0.15, 0.2) is 0 Å². The zero-order valence-electron chi connectivity index (χ0n) is 15.1. The van der Waals surface area contributed by atoms with Crippen molar-refractivity contribution in [3.05, 3.63) is 70.0 Å². The number of urea groups is 1. The predicted molar refractivity (Wildman–Crippen MR) is 101 cm³/mol. The molecule has 1 N–H and O–H groups in total. The predicted octanol–water partition coefficient (Wildman–Crippen LogP) is 3.91. The lowest BCUT2D eigenvalue weighted by Crippen LogP contribution is -2.46. The van der Waals surface area contributed by atoms with E-state index >= 15 is 0 Å². The molecule has 1 aliphatic heterocycles. The largest absolute Gasteiger partial charge is 0.380 e. The van der Waals surface area contributed by atoms with Crippen molar-refractivity contribution >= 4 is 17.6 Å². The van der Waals surface area contributed by atoms with Crippen LogP contribution in [0.2, 0.25) is 5.02 Å². The first-order valence-electron chi connectivity index (χ1n) is 8.73. The molecule has 0 aromatic heterocycles. The first kappa shape index (κ1) is 19.6. The van der Waals surface area contributed by atoms with Gasteiger partial charge in [-0.3, -0.25) is 0 Å². The maximum Gasteiger partial charge on any atom is 0.317 e. The normalized spacial score (nSPS) is 17.0. The van der Waals surface area contributed by atoms with Gasteiger partial charge in [-0.1, -0.05) is 41.9 Å². The van der Waals surface area contributed by atoms with E-state index in [0.717, 1.165) is 16.7 Å². The number of carbonyl (C=O) groups is 1. The summed E-state index contributed by atoms with van der Waals surface area (Å²) in [5, 5.41) is 2.98. The molecule has 0 aliphatic carbocycles. The Labute approximate surface area is 163 Å². The summed E-state index contributed by atoms with van der Waals surface area (Å²) < 4.78 is 24.2. The van der Waals surface area contributed by atoms with Gasteiger partial charge in [0.2, 0.25) is 0 Å². The van der Waals surface area contributed by atoms with Crippen LogP contribution in [0.3, 0.4) is 0 Å². The molecule has 1 unspecified atom stereocenters. The maximum atomic E-state index is 13.4. The highest BCUT2D eigenvalue weighted by atomic mass is 35.5. The van der Waals surface area contributed by atoms with E-state index in [9.17, 15) is 9.18 Å². The Balaban J connectivity index is 1.58. The van der Waals surface area contributed by atoms with Crippen molar-refractivity contribution < 1.29 is 18.7 Å². The Bertz CT molecular complexity index is 803. The van der Waals surface area contributed by atoms with Gasteiger partial charge in [0, 0.05) is 20.2 Å². The van der Waals surface area contributed by atoms with E-state index in [4.69, 9.17) is 21.1 Å². The SMILES string of the molecule is COCc1cccc(CNC(=O)N2CCOC(c3ccc(F)c(Cl)c3)C2)c1. The highest BCUT2D eigenvalue weighted by Gasteiger charge is 2.25. The van der Waals surface area contributed by atoms with Crippen LogP contribution in [0.15, 0.2) is 42.5 Å². The first-order chi connectivity index (χ1) is 13.1. The van der Waals surface area contributed by atoms with Crippen LogP contribution in [0.5, 0.6) is 0 Å². The third kappa shape index (κ3) is 5.19. The smallest absolute Gasteiger partial charge is 0.317 e. The van der Waals surface area contributed by atoms with Gasteiger partial charge in [0.05, 0.1) is 24.8 Å². The van der Waals surface area contributed by atoms with E-state index in [1.54, 1.807) is 24.1 Å².